The third kappa shape index (κ3) is 1.77. The summed E-state index contributed by atoms with van der Waals surface area (Å²) in [6, 6.07) is 2.85. The van der Waals surface area contributed by atoms with Gasteiger partial charge in [0.05, 0.1) is 6.07 Å². The lowest BCUT2D eigenvalue weighted by Gasteiger charge is -2.00. The topological polar surface area (TPSA) is 82.1 Å². The van der Waals surface area contributed by atoms with Crippen molar-refractivity contribution < 1.29 is 9.34 Å². The summed E-state index contributed by atoms with van der Waals surface area (Å²) in [5, 5.41) is 10.5. The molecule has 6 nitrogen and oxygen atoms in total. The Kier molecular flexibility index (Phi) is 2.40. The van der Waals surface area contributed by atoms with Gasteiger partial charge in [-0.05, 0) is 25.5 Å². The number of nitrogens with zero attached hydrogens (tertiary/aromatic N) is 3. The molecule has 0 bridgehead atoms. The Morgan fingerprint density at radius 3 is 2.75 bits per heavy atom. The molecule has 0 unspecified atom stereocenters. The smallest absolute Gasteiger partial charge is 0.399 e. The average Bonchev–Trinajstić information content (AvgIpc) is 2.70. The highest BCUT2D eigenvalue weighted by Gasteiger charge is 2.15. The molecule has 0 atom stereocenters. The van der Waals surface area contributed by atoms with Crippen molar-refractivity contribution in [1.82, 2.24) is 9.97 Å². The molecule has 82 valence electrons. The van der Waals surface area contributed by atoms with Crippen LogP contribution in [-0.2, 0) is 0 Å². The number of hydrogen-bond acceptors (Lipinski definition) is 5. The van der Waals surface area contributed by atoms with E-state index in [1.165, 1.54) is 12.1 Å². The van der Waals surface area contributed by atoms with Crippen molar-refractivity contribution >= 4 is 5.88 Å². The molecule has 0 amide bonds. The van der Waals surface area contributed by atoms with Crippen LogP contribution in [0.5, 0.6) is 0 Å². The highest BCUT2D eigenvalue weighted by molar-refractivity contribution is 5.57. The van der Waals surface area contributed by atoms with Gasteiger partial charge in [0.15, 0.2) is 5.76 Å². The van der Waals surface area contributed by atoms with Crippen LogP contribution in [0.15, 0.2) is 22.7 Å². The van der Waals surface area contributed by atoms with Crippen molar-refractivity contribution in [2.45, 2.75) is 13.8 Å². The first-order valence-corrected chi connectivity index (χ1v) is 4.63. The Balaban J connectivity index is 2.50. The fourth-order valence-corrected chi connectivity index (χ4v) is 1.33. The minimum atomic E-state index is -0.577. The van der Waals surface area contributed by atoms with E-state index in [0.717, 1.165) is 5.56 Å². The lowest BCUT2D eigenvalue weighted by molar-refractivity contribution is -0.401. The second-order valence-corrected chi connectivity index (χ2v) is 3.34. The molecule has 0 aliphatic rings. The van der Waals surface area contributed by atoms with Crippen LogP contribution in [-0.4, -0.2) is 14.9 Å². The van der Waals surface area contributed by atoms with E-state index in [2.05, 4.69) is 9.97 Å². The molecule has 0 fully saturated rings. The van der Waals surface area contributed by atoms with Crippen LogP contribution in [0.1, 0.15) is 11.4 Å². The van der Waals surface area contributed by atoms with Gasteiger partial charge in [-0.15, -0.1) is 0 Å². The summed E-state index contributed by atoms with van der Waals surface area (Å²) in [5.41, 5.74) is 1.40. The maximum absolute atomic E-state index is 10.5. The van der Waals surface area contributed by atoms with Crippen molar-refractivity contribution in [3.63, 3.8) is 0 Å². The van der Waals surface area contributed by atoms with Gasteiger partial charge >= 0.3 is 5.88 Å². The third-order valence-electron chi connectivity index (χ3n) is 2.10. The zero-order chi connectivity index (χ0) is 11.7. The van der Waals surface area contributed by atoms with Crippen molar-refractivity contribution in [2.75, 3.05) is 0 Å². The van der Waals surface area contributed by atoms with Crippen LogP contribution < -0.4 is 0 Å². The maximum atomic E-state index is 10.5. The first-order chi connectivity index (χ1) is 7.58. The Morgan fingerprint density at radius 2 is 2.12 bits per heavy atom. The van der Waals surface area contributed by atoms with Gasteiger partial charge in [-0.25, -0.2) is 9.97 Å². The fraction of sp³-hybridized carbons (Fsp3) is 0.200. The van der Waals surface area contributed by atoms with Crippen molar-refractivity contribution in [3.05, 3.63) is 39.8 Å². The molecule has 16 heavy (non-hydrogen) atoms. The lowest BCUT2D eigenvalue weighted by atomic mass is 10.2. The van der Waals surface area contributed by atoms with Crippen molar-refractivity contribution in [2.24, 2.45) is 0 Å². The summed E-state index contributed by atoms with van der Waals surface area (Å²) in [7, 11) is 0. The molecule has 0 N–H and O–H groups in total. The minimum Gasteiger partial charge on any atom is -0.399 e. The van der Waals surface area contributed by atoms with Crippen molar-refractivity contribution in [3.8, 4) is 11.5 Å². The van der Waals surface area contributed by atoms with E-state index >= 15 is 0 Å². The van der Waals surface area contributed by atoms with Gasteiger partial charge in [0, 0.05) is 6.20 Å². The van der Waals surface area contributed by atoms with E-state index in [-0.39, 0.29) is 5.88 Å². The summed E-state index contributed by atoms with van der Waals surface area (Å²) in [6.07, 6.45) is 1.66. The number of hydrogen-bond donors (Lipinski definition) is 0. The Morgan fingerprint density at radius 1 is 1.38 bits per heavy atom. The van der Waals surface area contributed by atoms with Crippen LogP contribution >= 0.6 is 0 Å². The predicted molar refractivity (Wildman–Crippen MR) is 55.9 cm³/mol. The molecule has 0 saturated carbocycles. The highest BCUT2D eigenvalue weighted by Crippen LogP contribution is 2.26. The Bertz CT molecular complexity index is 548. The van der Waals surface area contributed by atoms with Gasteiger partial charge < -0.3 is 4.42 Å². The number of aryl methyl sites for hydroxylation is 2. The van der Waals surface area contributed by atoms with Crippen LogP contribution in [0, 0.1) is 24.0 Å². The maximum Gasteiger partial charge on any atom is 0.433 e. The Hall–Kier alpha value is -2.24. The number of rotatable bonds is 2. The van der Waals surface area contributed by atoms with E-state index in [0.29, 0.717) is 17.3 Å². The third-order valence-corrected chi connectivity index (χ3v) is 2.10. The summed E-state index contributed by atoms with van der Waals surface area (Å²) in [4.78, 5) is 18.1. The van der Waals surface area contributed by atoms with Crippen LogP contribution in [0.3, 0.4) is 0 Å². The average molecular weight is 219 g/mol. The largest absolute Gasteiger partial charge is 0.433 e. The molecular formula is C10H9N3O3. The Labute approximate surface area is 91.1 Å². The second-order valence-electron chi connectivity index (χ2n) is 3.34. The van der Waals surface area contributed by atoms with Crippen LogP contribution in [0.25, 0.3) is 11.5 Å². The lowest BCUT2D eigenvalue weighted by Crippen LogP contribution is -1.93. The van der Waals surface area contributed by atoms with Crippen LogP contribution in [0.4, 0.5) is 5.88 Å². The van der Waals surface area contributed by atoms with Gasteiger partial charge in [0.1, 0.15) is 16.4 Å². The number of furan rings is 1. The monoisotopic (exact) mass is 219 g/mol. The van der Waals surface area contributed by atoms with E-state index < -0.39 is 4.92 Å². The number of aromatic nitrogens is 2. The molecular weight excluding hydrogens is 210 g/mol. The summed E-state index contributed by atoms with van der Waals surface area (Å²) >= 11 is 0. The van der Waals surface area contributed by atoms with Crippen molar-refractivity contribution in [1.29, 1.82) is 0 Å². The zero-order valence-electron chi connectivity index (χ0n) is 8.80. The zero-order valence-corrected chi connectivity index (χ0v) is 8.80. The van der Waals surface area contributed by atoms with Gasteiger partial charge in [0.25, 0.3) is 0 Å². The molecule has 0 aromatic carbocycles. The van der Waals surface area contributed by atoms with Gasteiger partial charge in [-0.2, -0.15) is 0 Å². The first-order valence-electron chi connectivity index (χ1n) is 4.63. The minimum absolute atomic E-state index is 0.286. The second kappa shape index (κ2) is 3.73. The fourth-order valence-electron chi connectivity index (χ4n) is 1.33. The normalized spacial score (nSPS) is 10.4. The summed E-state index contributed by atoms with van der Waals surface area (Å²) < 4.78 is 5.08. The standard InChI is InChI=1S/C10H9N3O3/c1-6-5-11-7(2)12-10(6)8-3-4-9(16-8)13(14)15/h3-5H,1-2H3. The molecule has 2 rings (SSSR count). The molecule has 0 aliphatic heterocycles. The molecule has 2 aromatic rings. The van der Waals surface area contributed by atoms with E-state index in [1.54, 1.807) is 13.1 Å². The van der Waals surface area contributed by atoms with E-state index in [4.69, 9.17) is 4.42 Å². The molecule has 0 spiro atoms. The molecule has 0 radical (unpaired) electrons. The molecule has 2 aromatic heterocycles. The molecule has 6 heteroatoms. The molecule has 0 aliphatic carbocycles. The molecule has 2 heterocycles. The quantitative estimate of drug-likeness (QED) is 0.571. The predicted octanol–water partition coefficient (Wildman–Crippen LogP) is 2.26. The summed E-state index contributed by atoms with van der Waals surface area (Å²) in [6.45, 7) is 3.57. The number of nitro groups is 1. The van der Waals surface area contributed by atoms with Gasteiger partial charge in [-0.1, -0.05) is 0 Å². The summed E-state index contributed by atoms with van der Waals surface area (Å²) in [5.74, 6) is 0.694. The first kappa shape index (κ1) is 10.3. The van der Waals surface area contributed by atoms with Gasteiger partial charge in [0.2, 0.25) is 0 Å². The molecule has 0 saturated heterocycles. The van der Waals surface area contributed by atoms with Gasteiger partial charge in [-0.3, -0.25) is 10.1 Å². The van der Waals surface area contributed by atoms with Crippen LogP contribution in [0.2, 0.25) is 0 Å². The SMILES string of the molecule is Cc1ncc(C)c(-c2ccc([N+](=O)[O-])o2)n1. The highest BCUT2D eigenvalue weighted by atomic mass is 16.6. The van der Waals surface area contributed by atoms with E-state index in [1.807, 2.05) is 6.92 Å². The van der Waals surface area contributed by atoms with E-state index in [9.17, 15) is 10.1 Å².